The van der Waals surface area contributed by atoms with Crippen LogP contribution in [-0.2, 0) is 0 Å². The smallest absolute Gasteiger partial charge is 0.128 e. The highest BCUT2D eigenvalue weighted by Crippen LogP contribution is 2.36. The molecule has 0 aliphatic heterocycles. The fourth-order valence-electron chi connectivity index (χ4n) is 3.00. The van der Waals surface area contributed by atoms with E-state index in [1.165, 1.54) is 38.5 Å². The lowest BCUT2D eigenvalue weighted by atomic mass is 9.89. The first-order valence-electron chi connectivity index (χ1n) is 7.08. The molecule has 1 fully saturated rings. The highest BCUT2D eigenvalue weighted by molar-refractivity contribution is 6.31. The van der Waals surface area contributed by atoms with E-state index in [-0.39, 0.29) is 11.7 Å². The largest absolute Gasteiger partial charge is 0.207 e. The van der Waals surface area contributed by atoms with Gasteiger partial charge < -0.3 is 0 Å². The monoisotopic (exact) mass is 268 g/mol. The lowest BCUT2D eigenvalue weighted by Gasteiger charge is -2.18. The van der Waals surface area contributed by atoms with Crippen LogP contribution in [-0.4, -0.2) is 0 Å². The Bertz CT molecular complexity index is 381. The van der Waals surface area contributed by atoms with E-state index in [1.807, 2.05) is 19.9 Å². The van der Waals surface area contributed by atoms with Crippen LogP contribution >= 0.6 is 11.6 Å². The van der Waals surface area contributed by atoms with E-state index in [0.29, 0.717) is 16.5 Å². The van der Waals surface area contributed by atoms with Gasteiger partial charge in [-0.3, -0.25) is 0 Å². The minimum Gasteiger partial charge on any atom is -0.207 e. The van der Waals surface area contributed by atoms with Gasteiger partial charge in [-0.05, 0) is 42.4 Å². The molecule has 0 bridgehead atoms. The second kappa shape index (κ2) is 6.06. The van der Waals surface area contributed by atoms with Crippen LogP contribution in [0.1, 0.15) is 75.3 Å². The molecule has 0 saturated heterocycles. The number of halogens is 2. The molecule has 0 radical (unpaired) electrons. The molecule has 0 spiro atoms. The lowest BCUT2D eigenvalue weighted by molar-refractivity contribution is 0.568. The SMILES string of the molecule is CC(C)c1c(F)cc(C2CCCCCC2)cc1Cl. The summed E-state index contributed by atoms with van der Waals surface area (Å²) in [7, 11) is 0. The molecule has 18 heavy (non-hydrogen) atoms. The van der Waals surface area contributed by atoms with Crippen molar-refractivity contribution in [1.82, 2.24) is 0 Å². The van der Waals surface area contributed by atoms with Crippen LogP contribution in [0.15, 0.2) is 12.1 Å². The normalized spacial score (nSPS) is 18.1. The van der Waals surface area contributed by atoms with Crippen LogP contribution in [0, 0.1) is 5.82 Å². The van der Waals surface area contributed by atoms with Crippen LogP contribution in [0.2, 0.25) is 5.02 Å². The number of rotatable bonds is 2. The van der Waals surface area contributed by atoms with Gasteiger partial charge in [0.2, 0.25) is 0 Å². The van der Waals surface area contributed by atoms with Crippen molar-refractivity contribution < 1.29 is 4.39 Å². The Morgan fingerprint density at radius 3 is 2.22 bits per heavy atom. The van der Waals surface area contributed by atoms with Gasteiger partial charge in [0, 0.05) is 10.6 Å². The van der Waals surface area contributed by atoms with Crippen LogP contribution in [0.5, 0.6) is 0 Å². The minimum absolute atomic E-state index is 0.128. The summed E-state index contributed by atoms with van der Waals surface area (Å²) in [4.78, 5) is 0. The van der Waals surface area contributed by atoms with E-state index in [0.717, 1.165) is 5.56 Å². The fourth-order valence-corrected chi connectivity index (χ4v) is 3.44. The van der Waals surface area contributed by atoms with Gasteiger partial charge in [-0.1, -0.05) is 51.1 Å². The molecule has 100 valence electrons. The lowest BCUT2D eigenvalue weighted by Crippen LogP contribution is -2.02. The van der Waals surface area contributed by atoms with Gasteiger partial charge in [-0.2, -0.15) is 0 Å². The Kier molecular flexibility index (Phi) is 4.66. The second-order valence-corrected chi connectivity index (χ2v) is 6.15. The zero-order valence-corrected chi connectivity index (χ0v) is 12.1. The summed E-state index contributed by atoms with van der Waals surface area (Å²) in [5.74, 6) is 0.512. The molecule has 2 rings (SSSR count). The van der Waals surface area contributed by atoms with Crippen molar-refractivity contribution in [3.63, 3.8) is 0 Å². The summed E-state index contributed by atoms with van der Waals surface area (Å²) in [6.45, 7) is 3.96. The molecule has 1 aromatic rings. The maximum atomic E-state index is 14.1. The standard InChI is InChI=1S/C16H22ClF/c1-11(2)16-14(17)9-13(10-15(16)18)12-7-5-3-4-6-8-12/h9-12H,3-8H2,1-2H3. The summed E-state index contributed by atoms with van der Waals surface area (Å²) in [6, 6.07) is 3.72. The first kappa shape index (κ1) is 13.9. The average molecular weight is 269 g/mol. The Morgan fingerprint density at radius 1 is 1.11 bits per heavy atom. The molecular weight excluding hydrogens is 247 g/mol. The summed E-state index contributed by atoms with van der Waals surface area (Å²) in [5, 5.41) is 0.601. The van der Waals surface area contributed by atoms with Crippen molar-refractivity contribution in [2.45, 2.75) is 64.2 Å². The highest BCUT2D eigenvalue weighted by Gasteiger charge is 2.19. The first-order valence-corrected chi connectivity index (χ1v) is 7.46. The van der Waals surface area contributed by atoms with Crippen molar-refractivity contribution in [3.05, 3.63) is 34.1 Å². The predicted molar refractivity (Wildman–Crippen MR) is 75.9 cm³/mol. The van der Waals surface area contributed by atoms with E-state index in [1.54, 1.807) is 6.07 Å². The van der Waals surface area contributed by atoms with Gasteiger partial charge in [0.15, 0.2) is 0 Å². The third-order valence-electron chi connectivity index (χ3n) is 4.01. The Balaban J connectivity index is 2.29. The third-order valence-corrected chi connectivity index (χ3v) is 4.32. The fraction of sp³-hybridized carbons (Fsp3) is 0.625. The van der Waals surface area contributed by atoms with Crippen molar-refractivity contribution in [2.75, 3.05) is 0 Å². The van der Waals surface area contributed by atoms with E-state index in [9.17, 15) is 4.39 Å². The van der Waals surface area contributed by atoms with Crippen LogP contribution in [0.25, 0.3) is 0 Å². The maximum absolute atomic E-state index is 14.1. The van der Waals surface area contributed by atoms with Gasteiger partial charge in [-0.25, -0.2) is 4.39 Å². The molecule has 0 unspecified atom stereocenters. The van der Waals surface area contributed by atoms with Crippen LogP contribution in [0.4, 0.5) is 4.39 Å². The van der Waals surface area contributed by atoms with Gasteiger partial charge in [-0.15, -0.1) is 0 Å². The zero-order chi connectivity index (χ0) is 13.1. The molecule has 1 aromatic carbocycles. The van der Waals surface area contributed by atoms with Gasteiger partial charge >= 0.3 is 0 Å². The number of hydrogen-bond donors (Lipinski definition) is 0. The van der Waals surface area contributed by atoms with E-state index in [2.05, 4.69) is 0 Å². The summed E-state index contributed by atoms with van der Waals surface area (Å²) in [5.41, 5.74) is 1.76. The Hall–Kier alpha value is -0.560. The first-order chi connectivity index (χ1) is 8.59. The van der Waals surface area contributed by atoms with Gasteiger partial charge in [0.1, 0.15) is 5.82 Å². The molecule has 0 aromatic heterocycles. The quantitative estimate of drug-likeness (QED) is 0.574. The van der Waals surface area contributed by atoms with Crippen molar-refractivity contribution in [2.24, 2.45) is 0 Å². The molecule has 2 heteroatoms. The van der Waals surface area contributed by atoms with E-state index >= 15 is 0 Å². The van der Waals surface area contributed by atoms with Gasteiger partial charge in [0.05, 0.1) is 0 Å². The number of benzene rings is 1. The second-order valence-electron chi connectivity index (χ2n) is 5.74. The molecule has 0 nitrogen and oxygen atoms in total. The molecular formula is C16H22ClF. The summed E-state index contributed by atoms with van der Waals surface area (Å²) < 4.78 is 14.1. The maximum Gasteiger partial charge on any atom is 0.128 e. The molecule has 0 amide bonds. The highest BCUT2D eigenvalue weighted by atomic mass is 35.5. The average Bonchev–Trinajstić information content (AvgIpc) is 2.55. The number of hydrogen-bond acceptors (Lipinski definition) is 0. The Morgan fingerprint density at radius 2 is 1.72 bits per heavy atom. The molecule has 0 heterocycles. The summed E-state index contributed by atoms with van der Waals surface area (Å²) in [6.07, 6.45) is 7.51. The van der Waals surface area contributed by atoms with Crippen molar-refractivity contribution >= 4 is 11.6 Å². The topological polar surface area (TPSA) is 0 Å². The Labute approximate surface area is 115 Å². The van der Waals surface area contributed by atoms with E-state index < -0.39 is 0 Å². The molecule has 0 atom stereocenters. The minimum atomic E-state index is -0.128. The molecule has 1 aliphatic rings. The van der Waals surface area contributed by atoms with Gasteiger partial charge in [0.25, 0.3) is 0 Å². The summed E-state index contributed by atoms with van der Waals surface area (Å²) >= 11 is 6.25. The van der Waals surface area contributed by atoms with E-state index in [4.69, 9.17) is 11.6 Å². The molecule has 1 aliphatic carbocycles. The van der Waals surface area contributed by atoms with Crippen LogP contribution < -0.4 is 0 Å². The van der Waals surface area contributed by atoms with Crippen molar-refractivity contribution in [3.8, 4) is 0 Å². The predicted octanol–water partition coefficient (Wildman–Crippen LogP) is 6.04. The van der Waals surface area contributed by atoms with Crippen LogP contribution in [0.3, 0.4) is 0 Å². The zero-order valence-electron chi connectivity index (χ0n) is 11.3. The van der Waals surface area contributed by atoms with Crippen molar-refractivity contribution in [1.29, 1.82) is 0 Å². The molecule has 1 saturated carbocycles. The molecule has 0 N–H and O–H groups in total. The third kappa shape index (κ3) is 3.06.